The Morgan fingerprint density at radius 3 is 2.08 bits per heavy atom. The smallest absolute Gasteiger partial charge is 0.257 e. The molecule has 66 valence electrons. The quantitative estimate of drug-likeness (QED) is 0.764. The van der Waals surface area contributed by atoms with E-state index in [0.717, 1.165) is 0 Å². The lowest BCUT2D eigenvalue weighted by atomic mass is 10.1. The molecule has 2 N–H and O–H groups in total. The summed E-state index contributed by atoms with van der Waals surface area (Å²) in [6.07, 6.45) is -2.54. The van der Waals surface area contributed by atoms with Gasteiger partial charge in [-0.1, -0.05) is 23.7 Å². The van der Waals surface area contributed by atoms with Crippen molar-refractivity contribution in [2.75, 3.05) is 0 Å². The first-order chi connectivity index (χ1) is 5.61. The Morgan fingerprint density at radius 1 is 1.17 bits per heavy atom. The first-order valence-corrected chi connectivity index (χ1v) is 3.78. The lowest BCUT2D eigenvalue weighted by molar-refractivity contribution is 0.116. The van der Waals surface area contributed by atoms with Gasteiger partial charge in [0, 0.05) is 5.02 Å². The van der Waals surface area contributed by atoms with E-state index in [4.69, 9.17) is 17.3 Å². The second-order valence-electron chi connectivity index (χ2n) is 2.41. The van der Waals surface area contributed by atoms with E-state index in [9.17, 15) is 8.78 Å². The van der Waals surface area contributed by atoms with E-state index in [0.29, 0.717) is 10.6 Å². The van der Waals surface area contributed by atoms with Crippen LogP contribution in [0.2, 0.25) is 5.02 Å². The van der Waals surface area contributed by atoms with Crippen molar-refractivity contribution in [2.24, 2.45) is 5.73 Å². The van der Waals surface area contributed by atoms with Crippen molar-refractivity contribution >= 4 is 11.6 Å². The van der Waals surface area contributed by atoms with Gasteiger partial charge in [-0.2, -0.15) is 0 Å². The third kappa shape index (κ3) is 2.16. The summed E-state index contributed by atoms with van der Waals surface area (Å²) in [4.78, 5) is 0. The summed E-state index contributed by atoms with van der Waals surface area (Å²) in [5.41, 5.74) is 5.59. The van der Waals surface area contributed by atoms with Gasteiger partial charge >= 0.3 is 0 Å². The maximum Gasteiger partial charge on any atom is 0.257 e. The Hall–Kier alpha value is -0.670. The van der Waals surface area contributed by atoms with Crippen LogP contribution in [0.25, 0.3) is 0 Å². The zero-order chi connectivity index (χ0) is 9.14. The molecule has 1 aromatic carbocycles. The fourth-order valence-corrected chi connectivity index (χ4v) is 0.956. The SMILES string of the molecule is NC(c1ccc(Cl)cc1)C(F)F. The van der Waals surface area contributed by atoms with Crippen molar-refractivity contribution < 1.29 is 8.78 Å². The molecule has 0 aliphatic heterocycles. The molecule has 0 amide bonds. The van der Waals surface area contributed by atoms with E-state index in [-0.39, 0.29) is 0 Å². The van der Waals surface area contributed by atoms with Crippen LogP contribution in [-0.4, -0.2) is 6.43 Å². The van der Waals surface area contributed by atoms with Crippen molar-refractivity contribution in [1.82, 2.24) is 0 Å². The first kappa shape index (κ1) is 9.42. The summed E-state index contributed by atoms with van der Waals surface area (Å²) < 4.78 is 24.1. The van der Waals surface area contributed by atoms with Crippen molar-refractivity contribution in [1.29, 1.82) is 0 Å². The zero-order valence-corrected chi connectivity index (χ0v) is 6.93. The lowest BCUT2D eigenvalue weighted by Gasteiger charge is -2.09. The fraction of sp³-hybridized carbons (Fsp3) is 0.250. The fourth-order valence-electron chi connectivity index (χ4n) is 0.830. The molecule has 1 rings (SSSR count). The van der Waals surface area contributed by atoms with Crippen LogP contribution in [0.1, 0.15) is 11.6 Å². The summed E-state index contributed by atoms with van der Waals surface area (Å²) in [5.74, 6) is 0. The van der Waals surface area contributed by atoms with E-state index >= 15 is 0 Å². The lowest BCUT2D eigenvalue weighted by Crippen LogP contribution is -2.18. The standard InChI is InChI=1S/C8H8ClF2N/c9-6-3-1-5(2-4-6)7(12)8(10)11/h1-4,7-8H,12H2. The van der Waals surface area contributed by atoms with Crippen LogP contribution in [0.5, 0.6) is 0 Å². The molecular formula is C8H8ClF2N. The Bertz CT molecular complexity index is 248. The Morgan fingerprint density at radius 2 is 1.67 bits per heavy atom. The number of benzene rings is 1. The molecule has 1 nitrogen and oxygen atoms in total. The molecule has 0 saturated carbocycles. The van der Waals surface area contributed by atoms with Gasteiger partial charge in [-0.05, 0) is 17.7 Å². The largest absolute Gasteiger partial charge is 0.319 e. The molecule has 1 atom stereocenters. The molecule has 0 aromatic heterocycles. The van der Waals surface area contributed by atoms with E-state index in [1.54, 1.807) is 12.1 Å². The number of hydrogen-bond donors (Lipinski definition) is 1. The molecule has 4 heteroatoms. The predicted octanol–water partition coefficient (Wildman–Crippen LogP) is 2.60. The Balaban J connectivity index is 2.82. The minimum atomic E-state index is -2.54. The molecule has 0 bridgehead atoms. The van der Waals surface area contributed by atoms with Crippen LogP contribution in [0.3, 0.4) is 0 Å². The predicted molar refractivity (Wildman–Crippen MR) is 44.4 cm³/mol. The van der Waals surface area contributed by atoms with Gasteiger partial charge in [0.2, 0.25) is 0 Å². The Kier molecular flexibility index (Phi) is 3.00. The molecule has 0 fully saturated rings. The summed E-state index contributed by atoms with van der Waals surface area (Å²) in [6, 6.07) is 4.86. The van der Waals surface area contributed by atoms with Crippen LogP contribution in [0, 0.1) is 0 Å². The summed E-state index contributed by atoms with van der Waals surface area (Å²) >= 11 is 5.57. The molecule has 0 aliphatic carbocycles. The van der Waals surface area contributed by atoms with E-state index < -0.39 is 12.5 Å². The molecule has 0 radical (unpaired) electrons. The normalized spacial score (nSPS) is 13.4. The van der Waals surface area contributed by atoms with Gasteiger partial charge in [-0.25, -0.2) is 8.78 Å². The number of hydrogen-bond acceptors (Lipinski definition) is 1. The number of halogens is 3. The number of alkyl halides is 2. The minimum Gasteiger partial charge on any atom is -0.319 e. The average molecular weight is 192 g/mol. The minimum absolute atomic E-state index is 0.398. The van der Waals surface area contributed by atoms with Crippen molar-refractivity contribution in [3.8, 4) is 0 Å². The van der Waals surface area contributed by atoms with Crippen LogP contribution in [-0.2, 0) is 0 Å². The second kappa shape index (κ2) is 3.83. The van der Waals surface area contributed by atoms with Gasteiger partial charge in [0.1, 0.15) is 0 Å². The van der Waals surface area contributed by atoms with E-state index in [1.165, 1.54) is 12.1 Å². The van der Waals surface area contributed by atoms with E-state index in [2.05, 4.69) is 0 Å². The zero-order valence-electron chi connectivity index (χ0n) is 6.18. The first-order valence-electron chi connectivity index (χ1n) is 3.40. The Labute approximate surface area is 74.1 Å². The highest BCUT2D eigenvalue weighted by molar-refractivity contribution is 6.30. The van der Waals surface area contributed by atoms with Crippen LogP contribution < -0.4 is 5.73 Å². The van der Waals surface area contributed by atoms with Crippen LogP contribution >= 0.6 is 11.6 Å². The van der Waals surface area contributed by atoms with Gasteiger partial charge < -0.3 is 5.73 Å². The highest BCUT2D eigenvalue weighted by Gasteiger charge is 2.16. The monoisotopic (exact) mass is 191 g/mol. The van der Waals surface area contributed by atoms with E-state index in [1.807, 2.05) is 0 Å². The van der Waals surface area contributed by atoms with Gasteiger partial charge in [0.15, 0.2) is 0 Å². The maximum absolute atomic E-state index is 12.1. The van der Waals surface area contributed by atoms with Crippen molar-refractivity contribution in [3.63, 3.8) is 0 Å². The highest BCUT2D eigenvalue weighted by Crippen LogP contribution is 2.19. The second-order valence-corrected chi connectivity index (χ2v) is 2.85. The third-order valence-corrected chi connectivity index (χ3v) is 1.78. The number of rotatable bonds is 2. The summed E-state index contributed by atoms with van der Waals surface area (Å²) in [7, 11) is 0. The van der Waals surface area contributed by atoms with Gasteiger partial charge in [-0.3, -0.25) is 0 Å². The molecule has 0 spiro atoms. The molecular weight excluding hydrogens is 184 g/mol. The third-order valence-electron chi connectivity index (χ3n) is 1.53. The molecule has 1 unspecified atom stereocenters. The summed E-state index contributed by atoms with van der Waals surface area (Å²) in [5, 5.41) is 0.514. The highest BCUT2D eigenvalue weighted by atomic mass is 35.5. The number of nitrogens with two attached hydrogens (primary N) is 1. The molecule has 12 heavy (non-hydrogen) atoms. The van der Waals surface area contributed by atoms with Gasteiger partial charge in [-0.15, -0.1) is 0 Å². The molecule has 0 heterocycles. The molecule has 1 aromatic rings. The van der Waals surface area contributed by atoms with Gasteiger partial charge in [0.25, 0.3) is 6.43 Å². The average Bonchev–Trinajstić information content (AvgIpc) is 2.04. The van der Waals surface area contributed by atoms with Crippen molar-refractivity contribution in [3.05, 3.63) is 34.9 Å². The van der Waals surface area contributed by atoms with Crippen LogP contribution in [0.4, 0.5) is 8.78 Å². The molecule has 0 aliphatic rings. The summed E-state index contributed by atoms with van der Waals surface area (Å²) in [6.45, 7) is 0. The van der Waals surface area contributed by atoms with Gasteiger partial charge in [0.05, 0.1) is 6.04 Å². The topological polar surface area (TPSA) is 26.0 Å². The van der Waals surface area contributed by atoms with Crippen molar-refractivity contribution in [2.45, 2.75) is 12.5 Å². The van der Waals surface area contributed by atoms with Crippen LogP contribution in [0.15, 0.2) is 24.3 Å². The molecule has 0 saturated heterocycles. The maximum atomic E-state index is 12.1.